The van der Waals surface area contributed by atoms with E-state index in [9.17, 15) is 0 Å². The number of ether oxygens (including phenoxy) is 1. The van der Waals surface area contributed by atoms with Crippen molar-refractivity contribution in [3.05, 3.63) is 57.3 Å². The molecular formula is C17H16Cl2N2O. The molecule has 3 rings (SSSR count). The normalized spacial score (nSPS) is 12.6. The van der Waals surface area contributed by atoms with Gasteiger partial charge in [-0.05, 0) is 56.2 Å². The van der Waals surface area contributed by atoms with Crippen LogP contribution in [0.5, 0.6) is 5.75 Å². The van der Waals surface area contributed by atoms with Crippen LogP contribution in [0.3, 0.4) is 0 Å². The highest BCUT2D eigenvalue weighted by Crippen LogP contribution is 2.29. The first-order valence-electron chi connectivity index (χ1n) is 7.02. The fraction of sp³-hybridized carbons (Fsp3) is 0.235. The number of halogens is 2. The third-order valence-electron chi connectivity index (χ3n) is 3.72. The highest BCUT2D eigenvalue weighted by molar-refractivity contribution is 6.42. The van der Waals surface area contributed by atoms with Crippen molar-refractivity contribution >= 4 is 34.2 Å². The van der Waals surface area contributed by atoms with Crippen molar-refractivity contribution in [3.8, 4) is 5.75 Å². The van der Waals surface area contributed by atoms with Crippen LogP contribution >= 0.6 is 23.2 Å². The molecule has 0 bridgehead atoms. The predicted molar refractivity (Wildman–Crippen MR) is 91.1 cm³/mol. The summed E-state index contributed by atoms with van der Waals surface area (Å²) >= 11 is 12.0. The van der Waals surface area contributed by atoms with Crippen molar-refractivity contribution in [2.24, 2.45) is 0 Å². The number of H-pyrrole nitrogens is 1. The highest BCUT2D eigenvalue weighted by Gasteiger charge is 2.14. The predicted octanol–water partition coefficient (Wildman–Crippen LogP) is 5.63. The molecule has 3 nitrogen and oxygen atoms in total. The second kappa shape index (κ2) is 5.82. The highest BCUT2D eigenvalue weighted by atomic mass is 35.5. The van der Waals surface area contributed by atoms with Gasteiger partial charge in [-0.3, -0.25) is 0 Å². The molecule has 2 aromatic carbocycles. The molecule has 1 atom stereocenters. The number of aromatic nitrogens is 2. The van der Waals surface area contributed by atoms with Crippen molar-refractivity contribution in [1.29, 1.82) is 0 Å². The van der Waals surface area contributed by atoms with Gasteiger partial charge in [0, 0.05) is 0 Å². The molecular weight excluding hydrogens is 319 g/mol. The van der Waals surface area contributed by atoms with E-state index in [1.807, 2.05) is 19.1 Å². The summed E-state index contributed by atoms with van der Waals surface area (Å²) in [5, 5.41) is 1.00. The minimum atomic E-state index is -0.202. The Labute approximate surface area is 139 Å². The molecule has 0 aliphatic heterocycles. The molecule has 0 saturated carbocycles. The third-order valence-corrected chi connectivity index (χ3v) is 4.44. The summed E-state index contributed by atoms with van der Waals surface area (Å²) in [6, 6.07) is 9.58. The average Bonchev–Trinajstić information content (AvgIpc) is 2.86. The smallest absolute Gasteiger partial charge is 0.153 e. The summed E-state index contributed by atoms with van der Waals surface area (Å²) in [7, 11) is 0. The zero-order valence-corrected chi connectivity index (χ0v) is 14.1. The van der Waals surface area contributed by atoms with Crippen molar-refractivity contribution in [1.82, 2.24) is 9.97 Å². The maximum absolute atomic E-state index is 6.03. The van der Waals surface area contributed by atoms with Crippen LogP contribution < -0.4 is 4.74 Å². The van der Waals surface area contributed by atoms with Crippen LogP contribution in [0.2, 0.25) is 10.0 Å². The van der Waals surface area contributed by atoms with Crippen LogP contribution in [0.15, 0.2) is 30.3 Å². The van der Waals surface area contributed by atoms with Crippen LogP contribution in [0.1, 0.15) is 30.0 Å². The Morgan fingerprint density at radius 2 is 1.77 bits per heavy atom. The van der Waals surface area contributed by atoms with Gasteiger partial charge in [-0.2, -0.15) is 0 Å². The van der Waals surface area contributed by atoms with Gasteiger partial charge in [0.25, 0.3) is 0 Å². The van der Waals surface area contributed by atoms with Crippen LogP contribution in [-0.2, 0) is 0 Å². The standard InChI is InChI=1S/C17H16Cl2N2O/c1-9-4-5-12(6-10(9)2)22-11(3)17-20-15-7-13(18)14(19)8-16(15)21-17/h4-8,11H,1-3H3,(H,20,21). The van der Waals surface area contributed by atoms with E-state index in [0.717, 1.165) is 22.6 Å². The number of aromatic amines is 1. The zero-order valence-electron chi connectivity index (χ0n) is 12.6. The molecule has 114 valence electrons. The molecule has 0 fully saturated rings. The second-order valence-corrected chi connectivity index (χ2v) is 6.23. The Bertz CT molecular complexity index is 803. The molecule has 1 unspecified atom stereocenters. The minimum absolute atomic E-state index is 0.202. The molecule has 0 spiro atoms. The van der Waals surface area contributed by atoms with E-state index in [-0.39, 0.29) is 6.10 Å². The topological polar surface area (TPSA) is 37.9 Å². The summed E-state index contributed by atoms with van der Waals surface area (Å²) in [6.45, 7) is 6.10. The third kappa shape index (κ3) is 2.92. The molecule has 0 saturated heterocycles. The number of hydrogen-bond donors (Lipinski definition) is 1. The zero-order chi connectivity index (χ0) is 15.9. The van der Waals surface area contributed by atoms with E-state index < -0.39 is 0 Å². The fourth-order valence-corrected chi connectivity index (χ4v) is 2.59. The quantitative estimate of drug-likeness (QED) is 0.674. The number of nitrogens with zero attached hydrogens (tertiary/aromatic N) is 1. The van der Waals surface area contributed by atoms with Crippen LogP contribution in [0.25, 0.3) is 11.0 Å². The van der Waals surface area contributed by atoms with Gasteiger partial charge >= 0.3 is 0 Å². The molecule has 5 heteroatoms. The molecule has 1 N–H and O–H groups in total. The Morgan fingerprint density at radius 3 is 2.50 bits per heavy atom. The summed E-state index contributed by atoms with van der Waals surface area (Å²) in [6.07, 6.45) is -0.202. The van der Waals surface area contributed by atoms with Crippen LogP contribution in [0, 0.1) is 13.8 Å². The molecule has 0 amide bonds. The number of nitrogens with one attached hydrogen (secondary N) is 1. The lowest BCUT2D eigenvalue weighted by Crippen LogP contribution is -2.05. The molecule has 3 aromatic rings. The van der Waals surface area contributed by atoms with Gasteiger partial charge in [-0.25, -0.2) is 4.98 Å². The monoisotopic (exact) mass is 334 g/mol. The van der Waals surface area contributed by atoms with Gasteiger partial charge in [0.2, 0.25) is 0 Å². The second-order valence-electron chi connectivity index (χ2n) is 5.41. The molecule has 0 radical (unpaired) electrons. The fourth-order valence-electron chi connectivity index (χ4n) is 2.26. The molecule has 1 aromatic heterocycles. The molecule has 1 heterocycles. The Morgan fingerprint density at radius 1 is 1.05 bits per heavy atom. The maximum atomic E-state index is 6.03. The van der Waals surface area contributed by atoms with Gasteiger partial charge in [0.15, 0.2) is 6.10 Å². The van der Waals surface area contributed by atoms with E-state index in [0.29, 0.717) is 10.0 Å². The van der Waals surface area contributed by atoms with Gasteiger partial charge < -0.3 is 9.72 Å². The van der Waals surface area contributed by atoms with Crippen LogP contribution in [-0.4, -0.2) is 9.97 Å². The number of rotatable bonds is 3. The summed E-state index contributed by atoms with van der Waals surface area (Å²) in [4.78, 5) is 7.76. The van der Waals surface area contributed by atoms with Gasteiger partial charge in [0.1, 0.15) is 11.6 Å². The molecule has 22 heavy (non-hydrogen) atoms. The lowest BCUT2D eigenvalue weighted by atomic mass is 10.1. The SMILES string of the molecule is Cc1ccc(OC(C)c2nc3cc(Cl)c(Cl)cc3[nH]2)cc1C. The average molecular weight is 335 g/mol. The van der Waals surface area contributed by atoms with E-state index in [4.69, 9.17) is 27.9 Å². The van der Waals surface area contributed by atoms with E-state index in [1.165, 1.54) is 11.1 Å². The lowest BCUT2D eigenvalue weighted by Gasteiger charge is -2.13. The first kappa shape index (κ1) is 15.2. The van der Waals surface area contributed by atoms with E-state index in [2.05, 4.69) is 29.9 Å². The number of benzene rings is 2. The van der Waals surface area contributed by atoms with Crippen molar-refractivity contribution < 1.29 is 4.74 Å². The van der Waals surface area contributed by atoms with Crippen molar-refractivity contribution in [2.45, 2.75) is 26.9 Å². The van der Waals surface area contributed by atoms with Gasteiger partial charge in [-0.1, -0.05) is 29.3 Å². The van der Waals surface area contributed by atoms with E-state index >= 15 is 0 Å². The lowest BCUT2D eigenvalue weighted by molar-refractivity contribution is 0.218. The largest absolute Gasteiger partial charge is 0.483 e. The Hall–Kier alpha value is -1.71. The Kier molecular flexibility index (Phi) is 4.02. The summed E-state index contributed by atoms with van der Waals surface area (Å²) in [5.74, 6) is 1.57. The number of hydrogen-bond acceptors (Lipinski definition) is 2. The van der Waals surface area contributed by atoms with Gasteiger partial charge in [0.05, 0.1) is 21.1 Å². The number of imidazole rings is 1. The first-order valence-corrected chi connectivity index (χ1v) is 7.78. The van der Waals surface area contributed by atoms with Gasteiger partial charge in [-0.15, -0.1) is 0 Å². The van der Waals surface area contributed by atoms with Crippen molar-refractivity contribution in [2.75, 3.05) is 0 Å². The summed E-state index contributed by atoms with van der Waals surface area (Å²) in [5.41, 5.74) is 4.07. The van der Waals surface area contributed by atoms with Crippen LogP contribution in [0.4, 0.5) is 0 Å². The molecule has 0 aliphatic rings. The maximum Gasteiger partial charge on any atom is 0.153 e. The number of aryl methyl sites for hydroxylation is 2. The number of fused-ring (bicyclic) bond motifs is 1. The Balaban J connectivity index is 1.88. The molecule has 0 aliphatic carbocycles. The van der Waals surface area contributed by atoms with Crippen molar-refractivity contribution in [3.63, 3.8) is 0 Å². The van der Waals surface area contributed by atoms with E-state index in [1.54, 1.807) is 12.1 Å². The summed E-state index contributed by atoms with van der Waals surface area (Å²) < 4.78 is 5.97. The minimum Gasteiger partial charge on any atom is -0.483 e. The first-order chi connectivity index (χ1) is 10.4.